The number of aromatic carboxylic acids is 1. The third kappa shape index (κ3) is 3.65. The Hall–Kier alpha value is -1.24. The van der Waals surface area contributed by atoms with Crippen LogP contribution >= 0.6 is 22.7 Å². The van der Waals surface area contributed by atoms with E-state index in [1.165, 1.54) is 11.3 Å². The first-order valence-corrected chi connectivity index (χ1v) is 8.09. The average Bonchev–Trinajstić information content (AvgIpc) is 2.96. The summed E-state index contributed by atoms with van der Waals surface area (Å²) in [5.74, 6) is -0.860. The number of carboxylic acid groups (broad SMARTS) is 1. The number of thiazole rings is 1. The standard InChI is InChI=1S/C14H18N2O2S2/c1-14(2,3)10-8-20-11(16-10)7-15-6-9-4-5-19-12(9)13(17)18/h4-5,8,15H,6-7H2,1-3H3,(H,17,18). The van der Waals surface area contributed by atoms with E-state index < -0.39 is 5.97 Å². The summed E-state index contributed by atoms with van der Waals surface area (Å²) in [4.78, 5) is 16.0. The van der Waals surface area contributed by atoms with Gasteiger partial charge in [0, 0.05) is 23.9 Å². The molecule has 0 saturated heterocycles. The van der Waals surface area contributed by atoms with Gasteiger partial charge in [-0.3, -0.25) is 0 Å². The summed E-state index contributed by atoms with van der Waals surface area (Å²) >= 11 is 2.90. The van der Waals surface area contributed by atoms with Crippen molar-refractivity contribution in [2.45, 2.75) is 39.3 Å². The Kier molecular flexibility index (Phi) is 4.57. The van der Waals surface area contributed by atoms with Crippen LogP contribution in [0.25, 0.3) is 0 Å². The van der Waals surface area contributed by atoms with E-state index in [0.29, 0.717) is 18.0 Å². The Morgan fingerprint density at radius 1 is 1.35 bits per heavy atom. The fourth-order valence-corrected chi connectivity index (χ4v) is 3.45. The van der Waals surface area contributed by atoms with Crippen LogP contribution < -0.4 is 5.32 Å². The lowest BCUT2D eigenvalue weighted by Gasteiger charge is -2.14. The Labute approximate surface area is 126 Å². The van der Waals surface area contributed by atoms with Gasteiger partial charge in [0.25, 0.3) is 0 Å². The molecule has 0 aliphatic heterocycles. The summed E-state index contributed by atoms with van der Waals surface area (Å²) in [6, 6.07) is 1.85. The molecular formula is C14H18N2O2S2. The van der Waals surface area contributed by atoms with Gasteiger partial charge < -0.3 is 10.4 Å². The van der Waals surface area contributed by atoms with Crippen molar-refractivity contribution in [2.24, 2.45) is 0 Å². The first-order chi connectivity index (χ1) is 9.38. The molecule has 0 aliphatic rings. The normalized spacial score (nSPS) is 11.8. The average molecular weight is 310 g/mol. The first-order valence-electron chi connectivity index (χ1n) is 6.33. The zero-order chi connectivity index (χ0) is 14.8. The number of aromatic nitrogens is 1. The number of hydrogen-bond acceptors (Lipinski definition) is 5. The number of nitrogens with one attached hydrogen (secondary N) is 1. The van der Waals surface area contributed by atoms with Gasteiger partial charge in [-0.25, -0.2) is 9.78 Å². The van der Waals surface area contributed by atoms with Crippen molar-refractivity contribution >= 4 is 28.6 Å². The summed E-state index contributed by atoms with van der Waals surface area (Å²) in [5.41, 5.74) is 2.00. The predicted molar refractivity (Wildman–Crippen MR) is 82.6 cm³/mol. The number of hydrogen-bond donors (Lipinski definition) is 2. The number of rotatable bonds is 5. The Morgan fingerprint density at radius 2 is 2.10 bits per heavy atom. The summed E-state index contributed by atoms with van der Waals surface area (Å²) in [7, 11) is 0. The van der Waals surface area contributed by atoms with E-state index in [-0.39, 0.29) is 5.41 Å². The van der Waals surface area contributed by atoms with Gasteiger partial charge in [-0.15, -0.1) is 22.7 Å². The van der Waals surface area contributed by atoms with E-state index >= 15 is 0 Å². The molecule has 20 heavy (non-hydrogen) atoms. The van der Waals surface area contributed by atoms with Gasteiger partial charge in [-0.05, 0) is 17.0 Å². The molecule has 2 aromatic heterocycles. The summed E-state index contributed by atoms with van der Waals surface area (Å²) in [6.45, 7) is 7.64. The van der Waals surface area contributed by atoms with Crippen LogP contribution in [0.2, 0.25) is 0 Å². The molecule has 0 unspecified atom stereocenters. The number of thiophene rings is 1. The second-order valence-electron chi connectivity index (χ2n) is 5.56. The topological polar surface area (TPSA) is 62.2 Å². The van der Waals surface area contributed by atoms with Crippen LogP contribution in [0.4, 0.5) is 0 Å². The Bertz CT molecular complexity index is 596. The zero-order valence-corrected chi connectivity index (χ0v) is 13.4. The largest absolute Gasteiger partial charge is 0.477 e. The molecule has 0 amide bonds. The first kappa shape index (κ1) is 15.2. The maximum Gasteiger partial charge on any atom is 0.346 e. The van der Waals surface area contributed by atoms with Gasteiger partial charge in [0.2, 0.25) is 0 Å². The predicted octanol–water partition coefficient (Wildman–Crippen LogP) is 3.49. The molecule has 0 spiro atoms. The van der Waals surface area contributed by atoms with Crippen LogP contribution in [0.15, 0.2) is 16.8 Å². The van der Waals surface area contributed by atoms with Crippen LogP contribution in [-0.4, -0.2) is 16.1 Å². The molecule has 0 aliphatic carbocycles. The molecule has 2 N–H and O–H groups in total. The minimum atomic E-state index is -0.860. The molecule has 0 fully saturated rings. The molecule has 108 valence electrons. The quantitative estimate of drug-likeness (QED) is 0.887. The van der Waals surface area contributed by atoms with Gasteiger partial charge >= 0.3 is 5.97 Å². The van der Waals surface area contributed by atoms with Crippen molar-refractivity contribution in [3.05, 3.63) is 38.0 Å². The summed E-state index contributed by atoms with van der Waals surface area (Å²) < 4.78 is 0. The molecule has 2 aromatic rings. The SMILES string of the molecule is CC(C)(C)c1csc(CNCc2ccsc2C(=O)O)n1. The number of nitrogens with zero attached hydrogens (tertiary/aromatic N) is 1. The van der Waals surface area contributed by atoms with Gasteiger partial charge in [0.15, 0.2) is 0 Å². The van der Waals surface area contributed by atoms with Gasteiger partial charge in [-0.1, -0.05) is 20.8 Å². The molecule has 0 atom stereocenters. The highest BCUT2D eigenvalue weighted by Gasteiger charge is 2.17. The second-order valence-corrected chi connectivity index (χ2v) is 7.42. The van der Waals surface area contributed by atoms with Gasteiger partial charge in [-0.2, -0.15) is 0 Å². The van der Waals surface area contributed by atoms with Crippen molar-refractivity contribution < 1.29 is 9.90 Å². The van der Waals surface area contributed by atoms with Crippen molar-refractivity contribution in [3.63, 3.8) is 0 Å². The molecule has 2 heterocycles. The van der Waals surface area contributed by atoms with Crippen LogP contribution in [0.3, 0.4) is 0 Å². The number of carboxylic acids is 1. The van der Waals surface area contributed by atoms with Crippen LogP contribution in [-0.2, 0) is 18.5 Å². The van der Waals surface area contributed by atoms with Crippen molar-refractivity contribution in [2.75, 3.05) is 0 Å². The minimum absolute atomic E-state index is 0.0680. The zero-order valence-electron chi connectivity index (χ0n) is 11.8. The minimum Gasteiger partial charge on any atom is -0.477 e. The van der Waals surface area contributed by atoms with Crippen molar-refractivity contribution in [1.29, 1.82) is 0 Å². The fraction of sp³-hybridized carbons (Fsp3) is 0.429. The lowest BCUT2D eigenvalue weighted by atomic mass is 9.93. The van der Waals surface area contributed by atoms with Crippen LogP contribution in [0.1, 0.15) is 46.7 Å². The molecule has 0 bridgehead atoms. The lowest BCUT2D eigenvalue weighted by Crippen LogP contribution is -2.15. The molecule has 0 aromatic carbocycles. The third-order valence-electron chi connectivity index (χ3n) is 2.85. The van der Waals surface area contributed by atoms with Crippen LogP contribution in [0, 0.1) is 0 Å². The van der Waals surface area contributed by atoms with E-state index in [0.717, 1.165) is 16.3 Å². The maximum atomic E-state index is 11.0. The van der Waals surface area contributed by atoms with Gasteiger partial charge in [0.1, 0.15) is 9.88 Å². The maximum absolute atomic E-state index is 11.0. The molecule has 6 heteroatoms. The molecular weight excluding hydrogens is 292 g/mol. The molecule has 2 rings (SSSR count). The van der Waals surface area contributed by atoms with E-state index in [2.05, 4.69) is 36.5 Å². The second kappa shape index (κ2) is 6.03. The molecule has 0 saturated carbocycles. The number of carbonyl (C=O) groups is 1. The van der Waals surface area contributed by atoms with Crippen molar-refractivity contribution in [1.82, 2.24) is 10.3 Å². The summed E-state index contributed by atoms with van der Waals surface area (Å²) in [6.07, 6.45) is 0. The monoisotopic (exact) mass is 310 g/mol. The highest BCUT2D eigenvalue weighted by Crippen LogP contribution is 2.24. The third-order valence-corrected chi connectivity index (χ3v) is 4.65. The molecule has 0 radical (unpaired) electrons. The Morgan fingerprint density at radius 3 is 2.70 bits per heavy atom. The smallest absolute Gasteiger partial charge is 0.346 e. The lowest BCUT2D eigenvalue weighted by molar-refractivity contribution is 0.0701. The van der Waals surface area contributed by atoms with Crippen LogP contribution in [0.5, 0.6) is 0 Å². The fourth-order valence-electron chi connectivity index (χ4n) is 1.70. The van der Waals surface area contributed by atoms with E-state index in [4.69, 9.17) is 5.11 Å². The highest BCUT2D eigenvalue weighted by atomic mass is 32.1. The van der Waals surface area contributed by atoms with Crippen molar-refractivity contribution in [3.8, 4) is 0 Å². The molecule has 4 nitrogen and oxygen atoms in total. The van der Waals surface area contributed by atoms with E-state index in [9.17, 15) is 4.79 Å². The van der Waals surface area contributed by atoms with E-state index in [1.807, 2.05) is 11.4 Å². The highest BCUT2D eigenvalue weighted by molar-refractivity contribution is 7.12. The summed E-state index contributed by atoms with van der Waals surface area (Å²) in [5, 5.41) is 17.2. The van der Waals surface area contributed by atoms with E-state index in [1.54, 1.807) is 11.3 Å². The Balaban J connectivity index is 1.91. The van der Waals surface area contributed by atoms with Gasteiger partial charge in [0.05, 0.1) is 5.69 Å².